The molecule has 30 heavy (non-hydrogen) atoms. The number of alkyl halides is 3. The highest BCUT2D eigenvalue weighted by Crippen LogP contribution is 2.32. The molecule has 0 aliphatic carbocycles. The number of aromatic nitrogens is 2. The van der Waals surface area contributed by atoms with Crippen LogP contribution < -0.4 is 11.1 Å². The van der Waals surface area contributed by atoms with E-state index in [9.17, 15) is 18.0 Å². The van der Waals surface area contributed by atoms with Crippen LogP contribution in [0.2, 0.25) is 0 Å². The SMILES string of the molecule is NC(=O)c1cccc2c(NC(CN3CCC3)c3ccc(C(F)(F)F)cc3)ncnc12. The van der Waals surface area contributed by atoms with E-state index < -0.39 is 17.6 Å². The molecule has 1 aliphatic heterocycles. The zero-order chi connectivity index (χ0) is 21.3. The van der Waals surface area contributed by atoms with E-state index in [4.69, 9.17) is 5.73 Å². The van der Waals surface area contributed by atoms with Gasteiger partial charge in [-0.15, -0.1) is 0 Å². The fourth-order valence-electron chi connectivity index (χ4n) is 3.53. The van der Waals surface area contributed by atoms with E-state index in [2.05, 4.69) is 20.2 Å². The van der Waals surface area contributed by atoms with Gasteiger partial charge in [-0.3, -0.25) is 4.79 Å². The first-order chi connectivity index (χ1) is 14.3. The summed E-state index contributed by atoms with van der Waals surface area (Å²) in [4.78, 5) is 22.4. The van der Waals surface area contributed by atoms with Gasteiger partial charge in [-0.25, -0.2) is 9.97 Å². The van der Waals surface area contributed by atoms with E-state index in [0.29, 0.717) is 28.8 Å². The average molecular weight is 415 g/mol. The smallest absolute Gasteiger partial charge is 0.366 e. The summed E-state index contributed by atoms with van der Waals surface area (Å²) in [5.41, 5.74) is 6.19. The molecule has 0 spiro atoms. The number of rotatable bonds is 6. The Morgan fingerprint density at radius 3 is 2.47 bits per heavy atom. The standard InChI is InChI=1S/C21H20F3N5O/c22-21(23,24)14-7-5-13(6-8-14)17(11-29-9-2-10-29)28-20-16-4-1-3-15(19(25)30)18(16)26-12-27-20/h1,3-8,12,17H,2,9-11H2,(H2,25,30)(H,26,27,28). The maximum atomic E-state index is 12.9. The van der Waals surface area contributed by atoms with Crippen molar-refractivity contribution in [3.8, 4) is 0 Å². The third kappa shape index (κ3) is 4.06. The molecule has 1 saturated heterocycles. The molecule has 1 aromatic heterocycles. The molecule has 3 aromatic rings. The fraction of sp³-hybridized carbons (Fsp3) is 0.286. The minimum atomic E-state index is -4.38. The predicted octanol–water partition coefficient (Wildman–Crippen LogP) is 3.61. The van der Waals surface area contributed by atoms with Gasteiger partial charge >= 0.3 is 6.18 Å². The lowest BCUT2D eigenvalue weighted by Crippen LogP contribution is -2.41. The van der Waals surface area contributed by atoms with Crippen LogP contribution >= 0.6 is 0 Å². The number of anilines is 1. The molecular formula is C21H20F3N5O. The summed E-state index contributed by atoms with van der Waals surface area (Å²) >= 11 is 0. The maximum Gasteiger partial charge on any atom is 0.416 e. The molecule has 0 bridgehead atoms. The van der Waals surface area contributed by atoms with Crippen molar-refractivity contribution in [2.75, 3.05) is 25.0 Å². The number of carbonyl (C=O) groups excluding carboxylic acids is 1. The topological polar surface area (TPSA) is 84.1 Å². The summed E-state index contributed by atoms with van der Waals surface area (Å²) in [7, 11) is 0. The molecule has 2 aromatic carbocycles. The first-order valence-electron chi connectivity index (χ1n) is 9.52. The first kappa shape index (κ1) is 20.1. The Labute approximate surface area is 170 Å². The summed E-state index contributed by atoms with van der Waals surface area (Å²) in [6.07, 6.45) is -1.95. The molecule has 1 amide bonds. The van der Waals surface area contributed by atoms with Crippen LogP contribution in [0.15, 0.2) is 48.8 Å². The second-order valence-corrected chi connectivity index (χ2v) is 7.26. The molecule has 2 heterocycles. The zero-order valence-electron chi connectivity index (χ0n) is 16.0. The Balaban J connectivity index is 1.69. The third-order valence-corrected chi connectivity index (χ3v) is 5.27. The van der Waals surface area contributed by atoms with Gasteiger partial charge in [0.15, 0.2) is 0 Å². The maximum absolute atomic E-state index is 12.9. The van der Waals surface area contributed by atoms with Crippen LogP contribution in [0.25, 0.3) is 10.9 Å². The number of nitrogens with one attached hydrogen (secondary N) is 1. The summed E-state index contributed by atoms with van der Waals surface area (Å²) in [6.45, 7) is 2.50. The van der Waals surface area contributed by atoms with E-state index >= 15 is 0 Å². The molecule has 1 atom stereocenters. The van der Waals surface area contributed by atoms with Gasteiger partial charge in [-0.05, 0) is 49.3 Å². The molecule has 0 radical (unpaired) electrons. The summed E-state index contributed by atoms with van der Waals surface area (Å²) in [5, 5.41) is 3.96. The molecular weight excluding hydrogens is 395 g/mol. The average Bonchev–Trinajstić information content (AvgIpc) is 2.68. The van der Waals surface area contributed by atoms with Crippen molar-refractivity contribution in [1.29, 1.82) is 0 Å². The lowest BCUT2D eigenvalue weighted by molar-refractivity contribution is -0.137. The number of nitrogens with zero attached hydrogens (tertiary/aromatic N) is 3. The van der Waals surface area contributed by atoms with Gasteiger partial charge < -0.3 is 16.0 Å². The second kappa shape index (κ2) is 7.91. The second-order valence-electron chi connectivity index (χ2n) is 7.26. The Bertz CT molecular complexity index is 1060. The van der Waals surface area contributed by atoms with E-state index in [-0.39, 0.29) is 11.6 Å². The zero-order valence-corrected chi connectivity index (χ0v) is 16.0. The third-order valence-electron chi connectivity index (χ3n) is 5.27. The number of carbonyl (C=O) groups is 1. The molecule has 1 aliphatic rings. The van der Waals surface area contributed by atoms with E-state index in [0.717, 1.165) is 31.6 Å². The van der Waals surface area contributed by atoms with Crippen LogP contribution in [-0.2, 0) is 6.18 Å². The predicted molar refractivity (Wildman–Crippen MR) is 107 cm³/mol. The number of halogens is 3. The van der Waals surface area contributed by atoms with E-state index in [1.807, 2.05) is 0 Å². The van der Waals surface area contributed by atoms with Crippen molar-refractivity contribution in [1.82, 2.24) is 14.9 Å². The number of primary amides is 1. The molecule has 1 fully saturated rings. The molecule has 9 heteroatoms. The van der Waals surface area contributed by atoms with Gasteiger partial charge in [0.05, 0.1) is 22.7 Å². The van der Waals surface area contributed by atoms with Crippen molar-refractivity contribution >= 4 is 22.6 Å². The van der Waals surface area contributed by atoms with Gasteiger partial charge in [0.25, 0.3) is 5.91 Å². The van der Waals surface area contributed by atoms with E-state index in [1.54, 1.807) is 18.2 Å². The highest BCUT2D eigenvalue weighted by atomic mass is 19.4. The summed E-state index contributed by atoms with van der Waals surface area (Å²) in [5.74, 6) is -0.0985. The van der Waals surface area contributed by atoms with Crippen molar-refractivity contribution < 1.29 is 18.0 Å². The van der Waals surface area contributed by atoms with Gasteiger partial charge in [0, 0.05) is 11.9 Å². The highest BCUT2D eigenvalue weighted by Gasteiger charge is 2.30. The Kier molecular flexibility index (Phi) is 5.29. The Hall–Kier alpha value is -3.20. The molecule has 0 saturated carbocycles. The van der Waals surface area contributed by atoms with Crippen LogP contribution in [0.3, 0.4) is 0 Å². The number of nitrogens with two attached hydrogens (primary N) is 1. The molecule has 156 valence electrons. The van der Waals surface area contributed by atoms with Crippen molar-refractivity contribution in [2.45, 2.75) is 18.6 Å². The van der Waals surface area contributed by atoms with Gasteiger partial charge in [0.2, 0.25) is 0 Å². The number of para-hydroxylation sites is 1. The van der Waals surface area contributed by atoms with Crippen LogP contribution in [0.5, 0.6) is 0 Å². The van der Waals surface area contributed by atoms with Gasteiger partial charge in [0.1, 0.15) is 12.1 Å². The van der Waals surface area contributed by atoms with Crippen molar-refractivity contribution in [2.24, 2.45) is 5.73 Å². The van der Waals surface area contributed by atoms with Gasteiger partial charge in [-0.1, -0.05) is 18.2 Å². The number of likely N-dealkylation sites (tertiary alicyclic amines) is 1. The van der Waals surface area contributed by atoms with Crippen LogP contribution in [0.1, 0.15) is 33.9 Å². The first-order valence-corrected chi connectivity index (χ1v) is 9.52. The van der Waals surface area contributed by atoms with Crippen molar-refractivity contribution in [3.05, 3.63) is 65.5 Å². The molecule has 6 nitrogen and oxygen atoms in total. The van der Waals surface area contributed by atoms with Gasteiger partial charge in [-0.2, -0.15) is 13.2 Å². The van der Waals surface area contributed by atoms with E-state index in [1.165, 1.54) is 18.5 Å². The van der Waals surface area contributed by atoms with Crippen LogP contribution in [0, 0.1) is 0 Å². The number of hydrogen-bond acceptors (Lipinski definition) is 5. The van der Waals surface area contributed by atoms with Crippen molar-refractivity contribution in [3.63, 3.8) is 0 Å². The largest absolute Gasteiger partial charge is 0.416 e. The quantitative estimate of drug-likeness (QED) is 0.643. The normalized spacial score (nSPS) is 15.6. The lowest BCUT2D eigenvalue weighted by Gasteiger charge is -2.35. The Morgan fingerprint density at radius 2 is 1.87 bits per heavy atom. The van der Waals surface area contributed by atoms with Crippen LogP contribution in [0.4, 0.5) is 19.0 Å². The summed E-state index contributed by atoms with van der Waals surface area (Å²) < 4.78 is 38.8. The molecule has 3 N–H and O–H groups in total. The molecule has 4 rings (SSSR count). The number of fused-ring (bicyclic) bond motifs is 1. The summed E-state index contributed by atoms with van der Waals surface area (Å²) in [6, 6.07) is 9.92. The minimum absolute atomic E-state index is 0.284. The number of benzene rings is 2. The number of hydrogen-bond donors (Lipinski definition) is 2. The highest BCUT2D eigenvalue weighted by molar-refractivity contribution is 6.06. The minimum Gasteiger partial charge on any atom is -0.366 e. The monoisotopic (exact) mass is 415 g/mol. The van der Waals surface area contributed by atoms with Crippen LogP contribution in [-0.4, -0.2) is 40.4 Å². The fourth-order valence-corrected chi connectivity index (χ4v) is 3.53. The molecule has 1 unspecified atom stereocenters. The number of amides is 1. The Morgan fingerprint density at radius 1 is 1.13 bits per heavy atom. The lowest BCUT2D eigenvalue weighted by atomic mass is 10.0.